The van der Waals surface area contributed by atoms with Crippen LogP contribution in [0.25, 0.3) is 0 Å². The zero-order chi connectivity index (χ0) is 6.85. The first-order valence-corrected chi connectivity index (χ1v) is 3.14. The van der Waals surface area contributed by atoms with Gasteiger partial charge in [0.2, 0.25) is 0 Å². The van der Waals surface area contributed by atoms with Gasteiger partial charge in [0.15, 0.2) is 0 Å². The molecule has 0 fully saturated rings. The second kappa shape index (κ2) is 2.31. The van der Waals surface area contributed by atoms with E-state index in [4.69, 9.17) is 5.73 Å². The van der Waals surface area contributed by atoms with Crippen molar-refractivity contribution in [3.05, 3.63) is 12.2 Å². The minimum atomic E-state index is 0.0972. The molecular formula is C7H11NO. The lowest BCUT2D eigenvalue weighted by Gasteiger charge is -2.02. The van der Waals surface area contributed by atoms with Crippen LogP contribution in [0.4, 0.5) is 0 Å². The topological polar surface area (TPSA) is 43.1 Å². The molecule has 0 aromatic heterocycles. The fraction of sp³-hybridized carbons (Fsp3) is 0.571. The molecule has 0 radical (unpaired) electrons. The SMILES string of the molecule is CC(=O)[C@H]1C=C[C@@H](N)C1. The molecule has 0 bridgehead atoms. The molecule has 1 rings (SSSR count). The standard InChI is InChI=1S/C7H11NO/c1-5(9)6-2-3-7(8)4-6/h2-3,6-7H,4,8H2,1H3/t6-,7+/m0/s1. The number of hydrogen-bond donors (Lipinski definition) is 1. The van der Waals surface area contributed by atoms with Crippen LogP contribution in [0.15, 0.2) is 12.2 Å². The molecule has 0 saturated heterocycles. The van der Waals surface area contributed by atoms with E-state index in [-0.39, 0.29) is 17.7 Å². The average Bonchev–Trinajstić information content (AvgIpc) is 2.14. The summed E-state index contributed by atoms with van der Waals surface area (Å²) in [5.74, 6) is 0.319. The molecule has 0 aliphatic heterocycles. The van der Waals surface area contributed by atoms with E-state index in [9.17, 15) is 4.79 Å². The molecule has 0 aromatic carbocycles. The van der Waals surface area contributed by atoms with Gasteiger partial charge in [-0.2, -0.15) is 0 Å². The Labute approximate surface area is 54.7 Å². The van der Waals surface area contributed by atoms with Crippen LogP contribution in [0.3, 0.4) is 0 Å². The normalized spacial score (nSPS) is 33.1. The molecule has 0 heterocycles. The lowest BCUT2D eigenvalue weighted by molar-refractivity contribution is -0.119. The van der Waals surface area contributed by atoms with Crippen LogP contribution in [0, 0.1) is 5.92 Å². The summed E-state index contributed by atoms with van der Waals surface area (Å²) < 4.78 is 0. The predicted molar refractivity (Wildman–Crippen MR) is 35.9 cm³/mol. The zero-order valence-electron chi connectivity index (χ0n) is 5.50. The number of nitrogens with two attached hydrogens (primary N) is 1. The van der Waals surface area contributed by atoms with Gasteiger partial charge in [0.25, 0.3) is 0 Å². The summed E-state index contributed by atoms with van der Waals surface area (Å²) in [6.45, 7) is 1.60. The summed E-state index contributed by atoms with van der Waals surface area (Å²) in [6.07, 6.45) is 4.59. The van der Waals surface area contributed by atoms with Crippen molar-refractivity contribution in [2.75, 3.05) is 0 Å². The Balaban J connectivity index is 2.50. The number of carbonyl (C=O) groups excluding carboxylic acids is 1. The van der Waals surface area contributed by atoms with Crippen molar-refractivity contribution in [1.29, 1.82) is 0 Å². The highest BCUT2D eigenvalue weighted by Crippen LogP contribution is 2.16. The maximum absolute atomic E-state index is 10.7. The van der Waals surface area contributed by atoms with Crippen molar-refractivity contribution in [1.82, 2.24) is 0 Å². The van der Waals surface area contributed by atoms with Crippen LogP contribution in [0.2, 0.25) is 0 Å². The lowest BCUT2D eigenvalue weighted by atomic mass is 10.0. The highest BCUT2D eigenvalue weighted by molar-refractivity contribution is 5.80. The fourth-order valence-electron chi connectivity index (χ4n) is 1.03. The Bertz CT molecular complexity index is 151. The third-order valence-electron chi connectivity index (χ3n) is 1.64. The number of Topliss-reactive ketones (excluding diaryl/α,β-unsaturated/α-hetero) is 1. The van der Waals surface area contributed by atoms with Crippen molar-refractivity contribution in [2.24, 2.45) is 11.7 Å². The van der Waals surface area contributed by atoms with Gasteiger partial charge in [0, 0.05) is 12.0 Å². The van der Waals surface area contributed by atoms with Gasteiger partial charge >= 0.3 is 0 Å². The van der Waals surface area contributed by atoms with Gasteiger partial charge in [-0.05, 0) is 13.3 Å². The lowest BCUT2D eigenvalue weighted by Crippen LogP contribution is -2.17. The minimum Gasteiger partial charge on any atom is -0.324 e. The molecule has 0 unspecified atom stereocenters. The molecule has 50 valence electrons. The van der Waals surface area contributed by atoms with Crippen LogP contribution in [-0.2, 0) is 4.79 Å². The molecule has 2 nitrogen and oxygen atoms in total. The van der Waals surface area contributed by atoms with Crippen molar-refractivity contribution >= 4 is 5.78 Å². The molecule has 2 atom stereocenters. The second-order valence-corrected chi connectivity index (χ2v) is 2.50. The van der Waals surface area contributed by atoms with E-state index < -0.39 is 0 Å². The maximum atomic E-state index is 10.7. The Hall–Kier alpha value is -0.630. The highest BCUT2D eigenvalue weighted by atomic mass is 16.1. The first-order valence-electron chi connectivity index (χ1n) is 3.14. The van der Waals surface area contributed by atoms with E-state index in [1.54, 1.807) is 6.92 Å². The number of rotatable bonds is 1. The number of hydrogen-bond acceptors (Lipinski definition) is 2. The van der Waals surface area contributed by atoms with Gasteiger partial charge in [-0.15, -0.1) is 0 Å². The molecule has 0 saturated carbocycles. The molecule has 1 aliphatic rings. The smallest absolute Gasteiger partial charge is 0.136 e. The van der Waals surface area contributed by atoms with Crippen LogP contribution in [0.5, 0.6) is 0 Å². The highest BCUT2D eigenvalue weighted by Gasteiger charge is 2.18. The van der Waals surface area contributed by atoms with Crippen LogP contribution in [-0.4, -0.2) is 11.8 Å². The van der Waals surface area contributed by atoms with E-state index in [1.807, 2.05) is 12.2 Å². The van der Waals surface area contributed by atoms with Gasteiger partial charge < -0.3 is 5.73 Å². The van der Waals surface area contributed by atoms with Crippen molar-refractivity contribution in [3.8, 4) is 0 Å². The predicted octanol–water partition coefficient (Wildman–Crippen LogP) is 0.479. The van der Waals surface area contributed by atoms with E-state index in [0.29, 0.717) is 0 Å². The van der Waals surface area contributed by atoms with Gasteiger partial charge in [-0.25, -0.2) is 0 Å². The third kappa shape index (κ3) is 1.39. The number of carbonyl (C=O) groups is 1. The van der Waals surface area contributed by atoms with E-state index in [2.05, 4.69) is 0 Å². The van der Waals surface area contributed by atoms with Crippen LogP contribution >= 0.6 is 0 Å². The summed E-state index contributed by atoms with van der Waals surface area (Å²) in [5, 5.41) is 0. The molecule has 9 heavy (non-hydrogen) atoms. The van der Waals surface area contributed by atoms with E-state index in [1.165, 1.54) is 0 Å². The summed E-state index contributed by atoms with van der Waals surface area (Å²) in [5.41, 5.74) is 5.52. The van der Waals surface area contributed by atoms with Gasteiger partial charge in [-0.1, -0.05) is 12.2 Å². The third-order valence-corrected chi connectivity index (χ3v) is 1.64. The fourth-order valence-corrected chi connectivity index (χ4v) is 1.03. The maximum Gasteiger partial charge on any atom is 0.136 e. The average molecular weight is 125 g/mol. The second-order valence-electron chi connectivity index (χ2n) is 2.50. The Kier molecular flexibility index (Phi) is 1.67. The minimum absolute atomic E-state index is 0.0972. The quantitative estimate of drug-likeness (QED) is 0.518. The summed E-state index contributed by atoms with van der Waals surface area (Å²) in [4.78, 5) is 10.7. The van der Waals surface area contributed by atoms with Crippen LogP contribution in [0.1, 0.15) is 13.3 Å². The Morgan fingerprint density at radius 2 is 2.33 bits per heavy atom. The van der Waals surface area contributed by atoms with E-state index >= 15 is 0 Å². The van der Waals surface area contributed by atoms with E-state index in [0.717, 1.165) is 6.42 Å². The zero-order valence-corrected chi connectivity index (χ0v) is 5.50. The number of ketones is 1. The first-order chi connectivity index (χ1) is 4.20. The monoisotopic (exact) mass is 125 g/mol. The molecular weight excluding hydrogens is 114 g/mol. The van der Waals surface area contributed by atoms with Gasteiger partial charge in [0.1, 0.15) is 5.78 Å². The van der Waals surface area contributed by atoms with Crippen molar-refractivity contribution in [3.63, 3.8) is 0 Å². The Morgan fingerprint density at radius 1 is 1.67 bits per heavy atom. The molecule has 2 heteroatoms. The molecule has 0 aromatic rings. The Morgan fingerprint density at radius 3 is 2.56 bits per heavy atom. The van der Waals surface area contributed by atoms with Gasteiger partial charge in [-0.3, -0.25) is 4.79 Å². The summed E-state index contributed by atoms with van der Waals surface area (Å²) >= 11 is 0. The molecule has 2 N–H and O–H groups in total. The van der Waals surface area contributed by atoms with Crippen LogP contribution < -0.4 is 5.73 Å². The number of allylic oxidation sites excluding steroid dienone is 1. The van der Waals surface area contributed by atoms with Crippen molar-refractivity contribution in [2.45, 2.75) is 19.4 Å². The molecule has 1 aliphatic carbocycles. The summed E-state index contributed by atoms with van der Waals surface area (Å²) in [7, 11) is 0. The van der Waals surface area contributed by atoms with Crippen molar-refractivity contribution < 1.29 is 4.79 Å². The largest absolute Gasteiger partial charge is 0.324 e. The molecule has 0 spiro atoms. The van der Waals surface area contributed by atoms with Gasteiger partial charge in [0.05, 0.1) is 0 Å². The molecule has 0 amide bonds. The summed E-state index contributed by atoms with van der Waals surface area (Å²) in [6, 6.07) is 0.110. The first kappa shape index (κ1) is 6.49.